The molecule has 1 N–H and O–H groups in total. The van der Waals surface area contributed by atoms with Crippen molar-refractivity contribution >= 4 is 12.0 Å². The molecule has 0 aliphatic rings. The number of H-pyrrole nitrogens is 1. The molecular formula is C13H16N2O2. The molecule has 0 fully saturated rings. The van der Waals surface area contributed by atoms with Crippen LogP contribution in [0.15, 0.2) is 5.57 Å². The summed E-state index contributed by atoms with van der Waals surface area (Å²) in [6, 6.07) is 1.86. The molecule has 0 spiro atoms. The third-order valence-electron chi connectivity index (χ3n) is 2.76. The Labute approximate surface area is 101 Å². The quantitative estimate of drug-likeness (QED) is 0.494. The van der Waals surface area contributed by atoms with Crippen LogP contribution >= 0.6 is 0 Å². The SMILES string of the molecule is CCOC(=O)/C(C#N)=C/c1[nH]c(C)c(C)c1C. The summed E-state index contributed by atoms with van der Waals surface area (Å²) < 4.78 is 4.80. The average Bonchev–Trinajstić information content (AvgIpc) is 2.54. The van der Waals surface area contributed by atoms with Gasteiger partial charge in [0.15, 0.2) is 0 Å². The molecule has 4 heteroatoms. The van der Waals surface area contributed by atoms with Gasteiger partial charge in [-0.2, -0.15) is 5.26 Å². The molecule has 90 valence electrons. The van der Waals surface area contributed by atoms with E-state index in [4.69, 9.17) is 10.00 Å². The number of nitrogens with zero attached hydrogens (tertiary/aromatic N) is 1. The molecule has 0 aromatic carbocycles. The van der Waals surface area contributed by atoms with Gasteiger partial charge in [0.25, 0.3) is 0 Å². The fourth-order valence-corrected chi connectivity index (χ4v) is 1.51. The fourth-order valence-electron chi connectivity index (χ4n) is 1.51. The molecule has 0 bridgehead atoms. The minimum absolute atomic E-state index is 0.0104. The normalized spacial score (nSPS) is 11.1. The van der Waals surface area contributed by atoms with Gasteiger partial charge in [-0.1, -0.05) is 0 Å². The third-order valence-corrected chi connectivity index (χ3v) is 2.76. The van der Waals surface area contributed by atoms with Gasteiger partial charge in [-0.25, -0.2) is 4.79 Å². The van der Waals surface area contributed by atoms with E-state index in [-0.39, 0.29) is 12.2 Å². The molecule has 0 unspecified atom stereocenters. The van der Waals surface area contributed by atoms with Gasteiger partial charge < -0.3 is 9.72 Å². The Bertz CT molecular complexity index is 504. The molecule has 0 radical (unpaired) electrons. The van der Waals surface area contributed by atoms with E-state index in [1.807, 2.05) is 26.8 Å². The molecule has 0 aliphatic heterocycles. The minimum atomic E-state index is -0.584. The van der Waals surface area contributed by atoms with Crippen molar-refractivity contribution in [1.29, 1.82) is 5.26 Å². The van der Waals surface area contributed by atoms with Crippen LogP contribution in [0.25, 0.3) is 6.08 Å². The first-order valence-electron chi connectivity index (χ1n) is 5.45. The van der Waals surface area contributed by atoms with Crippen LogP contribution in [-0.2, 0) is 9.53 Å². The highest BCUT2D eigenvalue weighted by molar-refractivity contribution is 5.97. The van der Waals surface area contributed by atoms with Gasteiger partial charge in [0, 0.05) is 11.4 Å². The zero-order valence-electron chi connectivity index (χ0n) is 10.5. The molecular weight excluding hydrogens is 216 g/mol. The highest BCUT2D eigenvalue weighted by Crippen LogP contribution is 2.19. The van der Waals surface area contributed by atoms with Crippen LogP contribution < -0.4 is 0 Å². The van der Waals surface area contributed by atoms with Crippen LogP contribution in [0.5, 0.6) is 0 Å². The van der Waals surface area contributed by atoms with Gasteiger partial charge in [0.2, 0.25) is 0 Å². The van der Waals surface area contributed by atoms with Crippen LogP contribution in [0, 0.1) is 32.1 Å². The zero-order valence-corrected chi connectivity index (χ0v) is 10.5. The first-order valence-corrected chi connectivity index (χ1v) is 5.45. The number of hydrogen-bond donors (Lipinski definition) is 1. The van der Waals surface area contributed by atoms with Crippen LogP contribution in [0.4, 0.5) is 0 Å². The Kier molecular flexibility index (Phi) is 4.11. The molecule has 0 amide bonds. The fraction of sp³-hybridized carbons (Fsp3) is 0.385. The maximum Gasteiger partial charge on any atom is 0.348 e. The molecule has 0 saturated carbocycles. The molecule has 1 aromatic rings. The number of aryl methyl sites for hydroxylation is 1. The van der Waals surface area contributed by atoms with Gasteiger partial charge in [-0.15, -0.1) is 0 Å². The number of aromatic amines is 1. The monoisotopic (exact) mass is 232 g/mol. The van der Waals surface area contributed by atoms with Crippen molar-refractivity contribution in [3.63, 3.8) is 0 Å². The highest BCUT2D eigenvalue weighted by Gasteiger charge is 2.12. The second-order valence-corrected chi connectivity index (χ2v) is 3.80. The summed E-state index contributed by atoms with van der Waals surface area (Å²) in [5.41, 5.74) is 4.01. The first kappa shape index (κ1) is 13.0. The maximum absolute atomic E-state index is 11.5. The molecule has 0 atom stereocenters. The van der Waals surface area contributed by atoms with E-state index in [1.54, 1.807) is 6.92 Å². The predicted molar refractivity (Wildman–Crippen MR) is 65.2 cm³/mol. The number of esters is 1. The summed E-state index contributed by atoms with van der Waals surface area (Å²) in [7, 11) is 0. The lowest BCUT2D eigenvalue weighted by molar-refractivity contribution is -0.137. The summed E-state index contributed by atoms with van der Waals surface area (Å²) in [5, 5.41) is 8.92. The molecule has 0 aliphatic carbocycles. The topological polar surface area (TPSA) is 65.9 Å². The number of ether oxygens (including phenoxy) is 1. The van der Waals surface area contributed by atoms with E-state index in [0.29, 0.717) is 0 Å². The Hall–Kier alpha value is -2.02. The highest BCUT2D eigenvalue weighted by atomic mass is 16.5. The van der Waals surface area contributed by atoms with Crippen molar-refractivity contribution in [2.45, 2.75) is 27.7 Å². The number of aromatic nitrogens is 1. The lowest BCUT2D eigenvalue weighted by Crippen LogP contribution is -2.06. The van der Waals surface area contributed by atoms with E-state index in [9.17, 15) is 4.79 Å². The van der Waals surface area contributed by atoms with Crippen molar-refractivity contribution in [3.05, 3.63) is 28.1 Å². The molecule has 0 saturated heterocycles. The average molecular weight is 232 g/mol. The summed E-state index contributed by atoms with van der Waals surface area (Å²) in [5.74, 6) is -0.584. The summed E-state index contributed by atoms with van der Waals surface area (Å²) in [6.07, 6.45) is 1.54. The smallest absolute Gasteiger partial charge is 0.348 e. The van der Waals surface area contributed by atoms with Crippen molar-refractivity contribution < 1.29 is 9.53 Å². The van der Waals surface area contributed by atoms with E-state index in [2.05, 4.69) is 4.98 Å². The molecule has 4 nitrogen and oxygen atoms in total. The van der Waals surface area contributed by atoms with E-state index in [0.717, 1.165) is 22.5 Å². The minimum Gasteiger partial charge on any atom is -0.462 e. The zero-order chi connectivity index (χ0) is 13.0. The van der Waals surface area contributed by atoms with Gasteiger partial charge in [0.1, 0.15) is 11.6 Å². The van der Waals surface area contributed by atoms with Crippen LogP contribution in [-0.4, -0.2) is 17.6 Å². The Morgan fingerprint density at radius 2 is 2.06 bits per heavy atom. The van der Waals surface area contributed by atoms with Crippen molar-refractivity contribution in [3.8, 4) is 6.07 Å². The number of nitriles is 1. The summed E-state index contributed by atoms with van der Waals surface area (Å²) >= 11 is 0. The second kappa shape index (κ2) is 5.35. The van der Waals surface area contributed by atoms with Gasteiger partial charge in [0.05, 0.1) is 6.61 Å². The molecule has 17 heavy (non-hydrogen) atoms. The lowest BCUT2D eigenvalue weighted by Gasteiger charge is -1.99. The van der Waals surface area contributed by atoms with Crippen LogP contribution in [0.3, 0.4) is 0 Å². The van der Waals surface area contributed by atoms with Gasteiger partial charge in [-0.05, 0) is 44.9 Å². The van der Waals surface area contributed by atoms with E-state index in [1.165, 1.54) is 6.08 Å². The number of nitrogens with one attached hydrogen (secondary N) is 1. The van der Waals surface area contributed by atoms with E-state index < -0.39 is 5.97 Å². The van der Waals surface area contributed by atoms with Crippen molar-refractivity contribution in [1.82, 2.24) is 4.98 Å². The van der Waals surface area contributed by atoms with E-state index >= 15 is 0 Å². The first-order chi connectivity index (χ1) is 8.01. The Morgan fingerprint density at radius 1 is 1.41 bits per heavy atom. The number of rotatable bonds is 3. The summed E-state index contributed by atoms with van der Waals surface area (Å²) in [6.45, 7) is 7.87. The van der Waals surface area contributed by atoms with Crippen LogP contribution in [0.2, 0.25) is 0 Å². The number of hydrogen-bond acceptors (Lipinski definition) is 3. The van der Waals surface area contributed by atoms with Crippen LogP contribution in [0.1, 0.15) is 29.4 Å². The summed E-state index contributed by atoms with van der Waals surface area (Å²) in [4.78, 5) is 14.6. The van der Waals surface area contributed by atoms with Crippen molar-refractivity contribution in [2.24, 2.45) is 0 Å². The maximum atomic E-state index is 11.5. The Morgan fingerprint density at radius 3 is 2.47 bits per heavy atom. The number of carbonyl (C=O) groups is 1. The number of carbonyl (C=O) groups excluding carboxylic acids is 1. The van der Waals surface area contributed by atoms with Crippen molar-refractivity contribution in [2.75, 3.05) is 6.61 Å². The predicted octanol–water partition coefficient (Wildman–Crippen LogP) is 2.41. The lowest BCUT2D eigenvalue weighted by atomic mass is 10.1. The molecule has 1 rings (SSSR count). The standard InChI is InChI=1S/C13H16N2O2/c1-5-17-13(16)11(7-14)6-12-9(3)8(2)10(4)15-12/h6,15H,5H2,1-4H3/b11-6+. The third kappa shape index (κ3) is 2.76. The second-order valence-electron chi connectivity index (χ2n) is 3.80. The molecule has 1 heterocycles. The largest absolute Gasteiger partial charge is 0.462 e. The Balaban J connectivity index is 3.12. The van der Waals surface area contributed by atoms with Gasteiger partial charge in [-0.3, -0.25) is 0 Å². The van der Waals surface area contributed by atoms with Gasteiger partial charge >= 0.3 is 5.97 Å². The molecule has 1 aromatic heterocycles.